The zero-order valence-corrected chi connectivity index (χ0v) is 14.3. The lowest BCUT2D eigenvalue weighted by atomic mass is 10.2. The van der Waals surface area contributed by atoms with Gasteiger partial charge in [-0.3, -0.25) is 4.40 Å². The summed E-state index contributed by atoms with van der Waals surface area (Å²) in [5, 5.41) is 0. The normalized spacial score (nSPS) is 15.5. The number of benzene rings is 2. The van der Waals surface area contributed by atoms with Gasteiger partial charge in [0.05, 0.1) is 16.7 Å². The monoisotopic (exact) mass is 330 g/mol. The van der Waals surface area contributed by atoms with E-state index in [9.17, 15) is 0 Å². The largest absolute Gasteiger partial charge is 0.308 e. The Bertz CT molecular complexity index is 1010. The number of hydrogen-bond donors (Lipinski definition) is 0. The first-order valence-electron chi connectivity index (χ1n) is 9.14. The van der Waals surface area contributed by atoms with E-state index >= 15 is 0 Å². The van der Waals surface area contributed by atoms with Crippen LogP contribution in [0.2, 0.25) is 0 Å². The fraction of sp³-hybridized carbons (Fsp3) is 0.286. The molecular weight excluding hydrogens is 308 g/mol. The maximum absolute atomic E-state index is 4.91. The van der Waals surface area contributed by atoms with Crippen molar-refractivity contribution < 1.29 is 0 Å². The van der Waals surface area contributed by atoms with Gasteiger partial charge < -0.3 is 9.47 Å². The van der Waals surface area contributed by atoms with Crippen LogP contribution in [0.1, 0.15) is 12.8 Å². The van der Waals surface area contributed by atoms with Crippen molar-refractivity contribution in [3.05, 3.63) is 60.8 Å². The highest BCUT2D eigenvalue weighted by atomic mass is 15.2. The van der Waals surface area contributed by atoms with E-state index in [1.54, 1.807) is 0 Å². The van der Waals surface area contributed by atoms with Crippen LogP contribution in [0, 0.1) is 0 Å². The second-order valence-corrected chi connectivity index (χ2v) is 6.85. The van der Waals surface area contributed by atoms with Crippen molar-refractivity contribution in [2.45, 2.75) is 19.4 Å². The van der Waals surface area contributed by atoms with Gasteiger partial charge in [0.25, 0.3) is 0 Å². The van der Waals surface area contributed by atoms with E-state index in [1.165, 1.54) is 42.7 Å². The van der Waals surface area contributed by atoms with Gasteiger partial charge in [-0.15, -0.1) is 0 Å². The lowest BCUT2D eigenvalue weighted by molar-refractivity contribution is 0.324. The van der Waals surface area contributed by atoms with Crippen LogP contribution >= 0.6 is 0 Å². The maximum atomic E-state index is 4.91. The molecule has 4 nitrogen and oxygen atoms in total. The third-order valence-electron chi connectivity index (χ3n) is 5.27. The van der Waals surface area contributed by atoms with Gasteiger partial charge in [-0.1, -0.05) is 42.5 Å². The molecule has 0 spiro atoms. The zero-order valence-electron chi connectivity index (χ0n) is 14.3. The number of rotatable bonds is 4. The summed E-state index contributed by atoms with van der Waals surface area (Å²) in [6, 6.07) is 19.0. The maximum Gasteiger partial charge on any atom is 0.215 e. The summed E-state index contributed by atoms with van der Waals surface area (Å²) in [6.45, 7) is 4.53. The molecule has 1 fully saturated rings. The molecule has 126 valence electrons. The molecule has 0 radical (unpaired) electrons. The Morgan fingerprint density at radius 3 is 2.44 bits per heavy atom. The van der Waals surface area contributed by atoms with Gasteiger partial charge >= 0.3 is 0 Å². The van der Waals surface area contributed by atoms with Crippen molar-refractivity contribution in [1.82, 2.24) is 18.9 Å². The number of aromatic nitrogens is 3. The summed E-state index contributed by atoms with van der Waals surface area (Å²) in [5.74, 6) is 1.04. The number of hydrogen-bond acceptors (Lipinski definition) is 2. The summed E-state index contributed by atoms with van der Waals surface area (Å²) < 4.78 is 4.62. The van der Waals surface area contributed by atoms with Crippen molar-refractivity contribution in [1.29, 1.82) is 0 Å². The van der Waals surface area contributed by atoms with Gasteiger partial charge in [0.15, 0.2) is 0 Å². The minimum atomic E-state index is 0.976. The first-order chi connectivity index (χ1) is 12.4. The van der Waals surface area contributed by atoms with E-state index in [0.717, 1.165) is 24.4 Å². The number of fused-ring (bicyclic) bond motifs is 3. The summed E-state index contributed by atoms with van der Waals surface area (Å²) in [7, 11) is 0. The van der Waals surface area contributed by atoms with Gasteiger partial charge in [-0.25, -0.2) is 4.98 Å². The van der Waals surface area contributed by atoms with Crippen LogP contribution in [-0.2, 0) is 6.54 Å². The molecule has 0 bridgehead atoms. The van der Waals surface area contributed by atoms with Gasteiger partial charge in [0.2, 0.25) is 5.78 Å². The van der Waals surface area contributed by atoms with Crippen LogP contribution in [0.25, 0.3) is 28.1 Å². The van der Waals surface area contributed by atoms with E-state index < -0.39 is 0 Å². The van der Waals surface area contributed by atoms with Crippen molar-refractivity contribution >= 4 is 16.8 Å². The van der Waals surface area contributed by atoms with Crippen LogP contribution in [0.3, 0.4) is 0 Å². The summed E-state index contributed by atoms with van der Waals surface area (Å²) >= 11 is 0. The highest BCUT2D eigenvalue weighted by Crippen LogP contribution is 2.26. The van der Waals surface area contributed by atoms with Crippen LogP contribution in [0.4, 0.5) is 0 Å². The van der Waals surface area contributed by atoms with Crippen LogP contribution in [-0.4, -0.2) is 38.5 Å². The van der Waals surface area contributed by atoms with Crippen LogP contribution < -0.4 is 0 Å². The van der Waals surface area contributed by atoms with Crippen molar-refractivity contribution in [3.8, 4) is 11.3 Å². The third-order valence-corrected chi connectivity index (χ3v) is 5.27. The van der Waals surface area contributed by atoms with Crippen LogP contribution in [0.5, 0.6) is 0 Å². The summed E-state index contributed by atoms with van der Waals surface area (Å²) in [4.78, 5) is 7.48. The Morgan fingerprint density at radius 1 is 0.840 bits per heavy atom. The molecule has 2 aromatic heterocycles. The molecule has 0 aliphatic carbocycles. The first-order valence-corrected chi connectivity index (χ1v) is 9.14. The molecular formula is C21H22N4. The Hall–Kier alpha value is -2.59. The fourth-order valence-corrected chi connectivity index (χ4v) is 3.96. The molecule has 0 unspecified atom stereocenters. The predicted octanol–water partition coefficient (Wildman–Crippen LogP) is 4.05. The molecule has 1 aliphatic heterocycles. The first kappa shape index (κ1) is 14.7. The average molecular weight is 330 g/mol. The molecule has 1 saturated heterocycles. The summed E-state index contributed by atoms with van der Waals surface area (Å²) in [6.07, 6.45) is 4.91. The number of para-hydroxylation sites is 2. The number of likely N-dealkylation sites (tertiary alicyclic amines) is 1. The van der Waals surface area contributed by atoms with Crippen molar-refractivity contribution in [3.63, 3.8) is 0 Å². The minimum Gasteiger partial charge on any atom is -0.308 e. The number of imidazole rings is 2. The van der Waals surface area contributed by atoms with Gasteiger partial charge in [0, 0.05) is 19.3 Å². The Kier molecular flexibility index (Phi) is 3.56. The molecule has 1 aliphatic rings. The molecule has 0 saturated carbocycles. The quantitative estimate of drug-likeness (QED) is 0.564. The molecule has 2 aromatic carbocycles. The van der Waals surface area contributed by atoms with Gasteiger partial charge in [0.1, 0.15) is 0 Å². The zero-order chi connectivity index (χ0) is 16.6. The lowest BCUT2D eigenvalue weighted by Gasteiger charge is -2.16. The predicted molar refractivity (Wildman–Crippen MR) is 102 cm³/mol. The molecule has 0 amide bonds. The molecule has 25 heavy (non-hydrogen) atoms. The standard InChI is InChI=1S/C21H22N4/c1-2-8-17(9-3-1)20-16-25-19-11-5-4-10-18(19)22-21(25)24(20)15-14-23-12-6-7-13-23/h1-5,8-11,16H,6-7,12-15H2. The van der Waals surface area contributed by atoms with Crippen molar-refractivity contribution in [2.24, 2.45) is 0 Å². The molecule has 4 heteroatoms. The van der Waals surface area contributed by atoms with E-state index in [1.807, 2.05) is 0 Å². The molecule has 3 heterocycles. The van der Waals surface area contributed by atoms with E-state index in [4.69, 9.17) is 4.98 Å². The molecule has 0 atom stereocenters. The summed E-state index contributed by atoms with van der Waals surface area (Å²) in [5.41, 5.74) is 4.73. The smallest absolute Gasteiger partial charge is 0.215 e. The second-order valence-electron chi connectivity index (χ2n) is 6.85. The lowest BCUT2D eigenvalue weighted by Crippen LogP contribution is -2.24. The Balaban J connectivity index is 1.64. The van der Waals surface area contributed by atoms with Gasteiger partial charge in [-0.2, -0.15) is 0 Å². The average Bonchev–Trinajstić information content (AvgIpc) is 3.36. The molecule has 4 aromatic rings. The minimum absolute atomic E-state index is 0.976. The van der Waals surface area contributed by atoms with E-state index in [0.29, 0.717) is 0 Å². The van der Waals surface area contributed by atoms with E-state index in [-0.39, 0.29) is 0 Å². The fourth-order valence-electron chi connectivity index (χ4n) is 3.96. The highest BCUT2D eigenvalue weighted by Gasteiger charge is 2.17. The third kappa shape index (κ3) is 2.53. The number of nitrogens with zero attached hydrogens (tertiary/aromatic N) is 4. The van der Waals surface area contributed by atoms with E-state index in [2.05, 4.69) is 74.7 Å². The highest BCUT2D eigenvalue weighted by molar-refractivity contribution is 5.81. The topological polar surface area (TPSA) is 25.5 Å². The SMILES string of the molecule is c1ccc(-c2cn3c4ccccc4nc3n2CCN2CCCC2)cc1. The van der Waals surface area contributed by atoms with Crippen molar-refractivity contribution in [2.75, 3.05) is 19.6 Å². The Morgan fingerprint density at radius 2 is 1.60 bits per heavy atom. The molecule has 0 N–H and O–H groups in total. The second kappa shape index (κ2) is 6.05. The molecule has 5 rings (SSSR count). The van der Waals surface area contributed by atoms with Crippen LogP contribution in [0.15, 0.2) is 60.8 Å². The Labute approximate surface area is 147 Å². The van der Waals surface area contributed by atoms with Gasteiger partial charge in [-0.05, 0) is 43.6 Å².